The summed E-state index contributed by atoms with van der Waals surface area (Å²) in [7, 11) is 0. The third-order valence-electron chi connectivity index (χ3n) is 7.82. The zero-order chi connectivity index (χ0) is 31.7. The van der Waals surface area contributed by atoms with Gasteiger partial charge in [0.1, 0.15) is 0 Å². The Morgan fingerprint density at radius 1 is 0.587 bits per heavy atom. The van der Waals surface area contributed by atoms with E-state index in [4.69, 9.17) is 11.6 Å². The Balaban J connectivity index is 1.27. The van der Waals surface area contributed by atoms with Crippen molar-refractivity contribution in [2.75, 3.05) is 0 Å². The summed E-state index contributed by atoms with van der Waals surface area (Å²) in [6, 6.07) is 27.8. The quantitative estimate of drug-likeness (QED) is 0.108. The van der Waals surface area contributed by atoms with Crippen molar-refractivity contribution in [2.24, 2.45) is 0 Å². The third-order valence-corrected chi connectivity index (χ3v) is 9.21. The lowest BCUT2D eigenvalue weighted by Gasteiger charge is -2.11. The summed E-state index contributed by atoms with van der Waals surface area (Å²) < 4.78 is 74.8. The van der Waals surface area contributed by atoms with Gasteiger partial charge in [-0.15, -0.1) is 11.3 Å². The van der Waals surface area contributed by atoms with Crippen LogP contribution in [0, 0.1) is 29.1 Å². The summed E-state index contributed by atoms with van der Waals surface area (Å²) in [5.41, 5.74) is 2.19. The predicted molar refractivity (Wildman–Crippen MR) is 171 cm³/mol. The molecular formula is C35H16ClF5N4S. The SMILES string of the molecule is Fc1c(F)c(F)c(-c2nc(Cl)nc(-c3cccc4c3sc3ccc(-c5ccccc5-n5cc6ccccc6c5)cc34)n2)c(F)c1F. The minimum Gasteiger partial charge on any atom is -0.322 e. The summed E-state index contributed by atoms with van der Waals surface area (Å²) in [4.78, 5) is 11.9. The Labute approximate surface area is 266 Å². The van der Waals surface area contributed by atoms with Crippen molar-refractivity contribution in [3.05, 3.63) is 132 Å². The summed E-state index contributed by atoms with van der Waals surface area (Å²) in [6.45, 7) is 0. The number of benzene rings is 5. The number of rotatable bonds is 4. The van der Waals surface area contributed by atoms with Gasteiger partial charge < -0.3 is 4.57 Å². The molecule has 3 aromatic heterocycles. The minimum atomic E-state index is -2.28. The number of hydrogen-bond acceptors (Lipinski definition) is 4. The maximum absolute atomic E-state index is 14.7. The van der Waals surface area contributed by atoms with Gasteiger partial charge >= 0.3 is 0 Å². The van der Waals surface area contributed by atoms with Crippen LogP contribution in [0.25, 0.3) is 70.5 Å². The molecule has 0 saturated heterocycles. The van der Waals surface area contributed by atoms with Gasteiger partial charge in [-0.25, -0.2) is 26.9 Å². The van der Waals surface area contributed by atoms with Crippen LogP contribution >= 0.6 is 22.9 Å². The first-order chi connectivity index (χ1) is 22.3. The van der Waals surface area contributed by atoms with E-state index in [1.165, 1.54) is 11.3 Å². The van der Waals surface area contributed by atoms with Crippen LogP contribution in [-0.2, 0) is 0 Å². The van der Waals surface area contributed by atoms with E-state index in [0.717, 1.165) is 47.8 Å². The monoisotopic (exact) mass is 654 g/mol. The van der Waals surface area contributed by atoms with Crippen molar-refractivity contribution < 1.29 is 22.0 Å². The van der Waals surface area contributed by atoms with E-state index in [0.29, 0.717) is 5.56 Å². The smallest absolute Gasteiger partial charge is 0.226 e. The molecule has 4 nitrogen and oxygen atoms in total. The molecule has 3 heterocycles. The van der Waals surface area contributed by atoms with Crippen molar-refractivity contribution in [2.45, 2.75) is 0 Å². The summed E-state index contributed by atoms with van der Waals surface area (Å²) in [5.74, 6) is -11.5. The average molecular weight is 655 g/mol. The van der Waals surface area contributed by atoms with Gasteiger partial charge in [-0.2, -0.15) is 9.97 Å². The minimum absolute atomic E-state index is 0.0821. The highest BCUT2D eigenvalue weighted by Crippen LogP contribution is 2.42. The average Bonchev–Trinajstić information content (AvgIpc) is 3.68. The Morgan fingerprint density at radius 2 is 1.22 bits per heavy atom. The topological polar surface area (TPSA) is 43.6 Å². The molecule has 5 aromatic carbocycles. The normalized spacial score (nSPS) is 11.7. The number of thiophene rings is 1. The standard InChI is InChI=1S/C35H16ClF5N4S/c36-35-43-33(42-34(44-35)26-27(37)29(39)31(41)30(40)28(26)38)22-10-5-9-21-23-14-17(12-13-25(23)46-32(21)22)20-8-3-4-11-24(20)45-15-18-6-1-2-7-19(18)16-45/h1-16H. The third kappa shape index (κ3) is 4.44. The highest BCUT2D eigenvalue weighted by molar-refractivity contribution is 7.26. The molecule has 0 amide bonds. The molecule has 0 fully saturated rings. The molecule has 8 rings (SSSR count). The van der Waals surface area contributed by atoms with E-state index >= 15 is 0 Å². The molecule has 8 aromatic rings. The lowest BCUT2D eigenvalue weighted by Crippen LogP contribution is -2.07. The highest BCUT2D eigenvalue weighted by atomic mass is 35.5. The molecular weight excluding hydrogens is 639 g/mol. The second-order valence-corrected chi connectivity index (χ2v) is 11.9. The van der Waals surface area contributed by atoms with Crippen LogP contribution < -0.4 is 0 Å². The molecule has 0 N–H and O–H groups in total. The maximum atomic E-state index is 14.7. The largest absolute Gasteiger partial charge is 0.322 e. The number of hydrogen-bond donors (Lipinski definition) is 0. The fourth-order valence-electron chi connectivity index (χ4n) is 5.69. The lowest BCUT2D eigenvalue weighted by molar-refractivity contribution is 0.381. The van der Waals surface area contributed by atoms with Gasteiger partial charge in [-0.1, -0.05) is 60.7 Å². The molecule has 0 aliphatic rings. The van der Waals surface area contributed by atoms with Gasteiger partial charge in [0, 0.05) is 43.7 Å². The second kappa shape index (κ2) is 10.7. The number of para-hydroxylation sites is 1. The van der Waals surface area contributed by atoms with Gasteiger partial charge in [-0.3, -0.25) is 0 Å². The van der Waals surface area contributed by atoms with E-state index in [1.54, 1.807) is 12.1 Å². The Bertz CT molecular complexity index is 2460. The van der Waals surface area contributed by atoms with Crippen LogP contribution in [0.15, 0.2) is 97.3 Å². The first kappa shape index (κ1) is 28.3. The number of nitrogens with zero attached hydrogens (tertiary/aromatic N) is 4. The Kier molecular flexibility index (Phi) is 6.59. The van der Waals surface area contributed by atoms with Crippen molar-refractivity contribution in [1.82, 2.24) is 19.5 Å². The molecule has 0 radical (unpaired) electrons. The van der Waals surface area contributed by atoms with Crippen molar-refractivity contribution in [1.29, 1.82) is 0 Å². The Morgan fingerprint density at radius 3 is 1.96 bits per heavy atom. The van der Waals surface area contributed by atoms with Gasteiger partial charge in [-0.05, 0) is 52.2 Å². The molecule has 0 unspecified atom stereocenters. The van der Waals surface area contributed by atoms with E-state index in [-0.39, 0.29) is 5.82 Å². The number of fused-ring (bicyclic) bond motifs is 4. The van der Waals surface area contributed by atoms with E-state index < -0.39 is 45.8 Å². The first-order valence-corrected chi connectivity index (χ1v) is 15.0. The fourth-order valence-corrected chi connectivity index (χ4v) is 7.04. The summed E-state index contributed by atoms with van der Waals surface area (Å²) in [5, 5.41) is 3.60. The van der Waals surface area contributed by atoms with Crippen molar-refractivity contribution >= 4 is 53.9 Å². The zero-order valence-electron chi connectivity index (χ0n) is 23.2. The van der Waals surface area contributed by atoms with Crippen LogP contribution in [0.1, 0.15) is 0 Å². The number of halogens is 6. The molecule has 0 saturated carbocycles. The van der Waals surface area contributed by atoms with Crippen LogP contribution in [-0.4, -0.2) is 19.5 Å². The van der Waals surface area contributed by atoms with Crippen molar-refractivity contribution in [3.8, 4) is 39.6 Å². The van der Waals surface area contributed by atoms with Gasteiger partial charge in [0.15, 0.2) is 34.9 Å². The molecule has 0 aliphatic heterocycles. The second-order valence-electron chi connectivity index (χ2n) is 10.5. The first-order valence-electron chi connectivity index (χ1n) is 13.8. The lowest BCUT2D eigenvalue weighted by atomic mass is 10.0. The molecule has 46 heavy (non-hydrogen) atoms. The van der Waals surface area contributed by atoms with Crippen LogP contribution in [0.3, 0.4) is 0 Å². The highest BCUT2D eigenvalue weighted by Gasteiger charge is 2.29. The molecule has 0 atom stereocenters. The van der Waals surface area contributed by atoms with Crippen LogP contribution in [0.4, 0.5) is 22.0 Å². The van der Waals surface area contributed by atoms with Crippen molar-refractivity contribution in [3.63, 3.8) is 0 Å². The fraction of sp³-hybridized carbons (Fsp3) is 0. The number of aromatic nitrogens is 4. The zero-order valence-corrected chi connectivity index (χ0v) is 24.8. The summed E-state index contributed by atoms with van der Waals surface area (Å²) >= 11 is 7.55. The summed E-state index contributed by atoms with van der Waals surface area (Å²) in [6.07, 6.45) is 4.19. The molecule has 0 spiro atoms. The molecule has 11 heteroatoms. The van der Waals surface area contributed by atoms with E-state index in [2.05, 4.69) is 62.2 Å². The molecule has 224 valence electrons. The predicted octanol–water partition coefficient (Wildman–Crippen LogP) is 10.5. The van der Waals surface area contributed by atoms with Crippen LogP contribution in [0.5, 0.6) is 0 Å². The Hall–Kier alpha value is -5.19. The maximum Gasteiger partial charge on any atom is 0.226 e. The van der Waals surface area contributed by atoms with Gasteiger partial charge in [0.25, 0.3) is 0 Å². The van der Waals surface area contributed by atoms with Gasteiger partial charge in [0.2, 0.25) is 11.1 Å². The van der Waals surface area contributed by atoms with Gasteiger partial charge in [0.05, 0.1) is 11.3 Å². The van der Waals surface area contributed by atoms with Crippen LogP contribution in [0.2, 0.25) is 5.28 Å². The molecule has 0 bridgehead atoms. The van der Waals surface area contributed by atoms with E-state index in [1.807, 2.05) is 42.5 Å². The van der Waals surface area contributed by atoms with E-state index in [9.17, 15) is 22.0 Å². The molecule has 0 aliphatic carbocycles.